The number of benzene rings is 1. The fourth-order valence-electron chi connectivity index (χ4n) is 1.60. The highest BCUT2D eigenvalue weighted by atomic mass is 16.5. The smallest absolute Gasteiger partial charge is 0.163 e. The van der Waals surface area contributed by atoms with Crippen molar-refractivity contribution in [3.05, 3.63) is 36.8 Å². The Morgan fingerprint density at radius 3 is 3.00 bits per heavy atom. The van der Waals surface area contributed by atoms with Gasteiger partial charge in [0.1, 0.15) is 6.33 Å². The third kappa shape index (κ3) is 0.877. The predicted molar refractivity (Wildman–Crippen MR) is 51.3 cm³/mol. The minimum atomic E-state index is 0.663. The summed E-state index contributed by atoms with van der Waals surface area (Å²) in [5, 5.41) is 10.2. The highest BCUT2D eigenvalue weighted by Crippen LogP contribution is 2.27. The highest BCUT2D eigenvalue weighted by Gasteiger charge is 2.12. The van der Waals surface area contributed by atoms with Gasteiger partial charge < -0.3 is 5.21 Å². The van der Waals surface area contributed by atoms with Gasteiger partial charge >= 0.3 is 0 Å². The second kappa shape index (κ2) is 2.45. The number of rotatable bonds is 0. The molecule has 0 saturated carbocycles. The Labute approximate surface area is 79.8 Å². The van der Waals surface area contributed by atoms with Gasteiger partial charge in [-0.3, -0.25) is 0 Å². The summed E-state index contributed by atoms with van der Waals surface area (Å²) in [4.78, 5) is 8.34. The van der Waals surface area contributed by atoms with Crippen LogP contribution in [0.1, 0.15) is 0 Å². The molecule has 1 N–H and O–H groups in total. The van der Waals surface area contributed by atoms with Crippen LogP contribution < -0.4 is 0 Å². The van der Waals surface area contributed by atoms with Crippen molar-refractivity contribution in [1.29, 1.82) is 0 Å². The Balaban J connectivity index is 2.52. The van der Waals surface area contributed by atoms with E-state index in [4.69, 9.17) is 0 Å². The molecule has 4 nitrogen and oxygen atoms in total. The average Bonchev–Trinajstić information content (AvgIpc) is 2.56. The number of para-hydroxylation sites is 1. The van der Waals surface area contributed by atoms with Crippen LogP contribution in [0.15, 0.2) is 36.8 Å². The second-order valence-electron chi connectivity index (χ2n) is 3.12. The molecule has 1 aromatic carbocycles. The van der Waals surface area contributed by atoms with Crippen molar-refractivity contribution in [1.82, 2.24) is 14.7 Å². The van der Waals surface area contributed by atoms with E-state index in [1.54, 1.807) is 6.20 Å². The zero-order valence-corrected chi connectivity index (χ0v) is 7.25. The molecule has 0 radical (unpaired) electrons. The largest absolute Gasteiger partial charge is 0.428 e. The normalized spacial score (nSPS) is 11.1. The lowest BCUT2D eigenvalue weighted by Crippen LogP contribution is -1.95. The average molecular weight is 185 g/mol. The van der Waals surface area contributed by atoms with Gasteiger partial charge in [-0.25, -0.2) is 9.97 Å². The van der Waals surface area contributed by atoms with Crippen LogP contribution in [-0.4, -0.2) is 19.9 Å². The van der Waals surface area contributed by atoms with Crippen molar-refractivity contribution < 1.29 is 5.21 Å². The topological polar surface area (TPSA) is 50.9 Å². The molecule has 2 aliphatic heterocycles. The summed E-state index contributed by atoms with van der Waals surface area (Å²) in [5.74, 6) is 0.663. The zero-order chi connectivity index (χ0) is 9.54. The van der Waals surface area contributed by atoms with Gasteiger partial charge in [-0.2, -0.15) is 4.73 Å². The molecule has 0 spiro atoms. The minimum Gasteiger partial charge on any atom is -0.428 e. The summed E-state index contributed by atoms with van der Waals surface area (Å²) in [7, 11) is 0. The molecular weight excluding hydrogens is 178 g/mol. The molecule has 0 saturated heterocycles. The van der Waals surface area contributed by atoms with Crippen molar-refractivity contribution in [2.24, 2.45) is 0 Å². The van der Waals surface area contributed by atoms with E-state index < -0.39 is 0 Å². The Bertz CT molecular complexity index is 573. The van der Waals surface area contributed by atoms with E-state index >= 15 is 0 Å². The molecule has 0 atom stereocenters. The SMILES string of the molecule is On1cnc2nc3ccccc3c-2c1. The van der Waals surface area contributed by atoms with E-state index in [1.165, 1.54) is 6.33 Å². The Kier molecular flexibility index (Phi) is 1.28. The molecule has 3 rings (SSSR count). The summed E-state index contributed by atoms with van der Waals surface area (Å²) < 4.78 is 0.941. The Hall–Kier alpha value is -2.10. The van der Waals surface area contributed by atoms with Gasteiger partial charge in [-0.05, 0) is 6.07 Å². The first-order valence-corrected chi connectivity index (χ1v) is 4.26. The van der Waals surface area contributed by atoms with Crippen LogP contribution in [-0.2, 0) is 0 Å². The molecule has 0 aliphatic carbocycles. The predicted octanol–water partition coefficient (Wildman–Crippen LogP) is 1.77. The van der Waals surface area contributed by atoms with Crippen LogP contribution in [0.25, 0.3) is 22.3 Å². The third-order valence-electron chi connectivity index (χ3n) is 2.22. The molecular formula is C10H7N3O. The monoisotopic (exact) mass is 185 g/mol. The van der Waals surface area contributed by atoms with Gasteiger partial charge in [0.05, 0.1) is 11.7 Å². The van der Waals surface area contributed by atoms with Gasteiger partial charge in [0.2, 0.25) is 0 Å². The van der Waals surface area contributed by atoms with Gasteiger partial charge in [-0.15, -0.1) is 0 Å². The van der Waals surface area contributed by atoms with E-state index in [-0.39, 0.29) is 0 Å². The maximum absolute atomic E-state index is 9.23. The van der Waals surface area contributed by atoms with Crippen molar-refractivity contribution >= 4 is 10.9 Å². The van der Waals surface area contributed by atoms with Crippen LogP contribution >= 0.6 is 0 Å². The van der Waals surface area contributed by atoms with Crippen LogP contribution in [0, 0.1) is 0 Å². The Morgan fingerprint density at radius 1 is 1.21 bits per heavy atom. The molecule has 14 heavy (non-hydrogen) atoms. The Morgan fingerprint density at radius 2 is 2.07 bits per heavy atom. The fraction of sp³-hybridized carbons (Fsp3) is 0. The molecule has 2 aliphatic rings. The number of hydrogen-bond donors (Lipinski definition) is 1. The summed E-state index contributed by atoms with van der Waals surface area (Å²) in [5.41, 5.74) is 1.77. The third-order valence-corrected chi connectivity index (χ3v) is 2.22. The first kappa shape index (κ1) is 7.32. The van der Waals surface area contributed by atoms with Gasteiger partial charge in [-0.1, -0.05) is 18.2 Å². The molecule has 0 fully saturated rings. The maximum atomic E-state index is 9.23. The van der Waals surface area contributed by atoms with Gasteiger partial charge in [0, 0.05) is 10.9 Å². The van der Waals surface area contributed by atoms with Crippen LogP contribution in [0.2, 0.25) is 0 Å². The van der Waals surface area contributed by atoms with E-state index in [9.17, 15) is 5.21 Å². The summed E-state index contributed by atoms with van der Waals surface area (Å²) >= 11 is 0. The summed E-state index contributed by atoms with van der Waals surface area (Å²) in [6, 6.07) is 7.77. The molecule has 0 amide bonds. The molecule has 1 aromatic rings. The highest BCUT2D eigenvalue weighted by molar-refractivity contribution is 5.95. The quantitative estimate of drug-likeness (QED) is 0.543. The summed E-state index contributed by atoms with van der Waals surface area (Å²) in [6.45, 7) is 0. The van der Waals surface area contributed by atoms with Crippen LogP contribution in [0.3, 0.4) is 0 Å². The van der Waals surface area contributed by atoms with Crippen molar-refractivity contribution in [3.8, 4) is 11.4 Å². The lowest BCUT2D eigenvalue weighted by Gasteiger charge is -1.98. The maximum Gasteiger partial charge on any atom is 0.163 e. The van der Waals surface area contributed by atoms with Crippen molar-refractivity contribution in [2.45, 2.75) is 0 Å². The fourth-order valence-corrected chi connectivity index (χ4v) is 1.60. The van der Waals surface area contributed by atoms with E-state index in [2.05, 4.69) is 9.97 Å². The lowest BCUT2D eigenvalue weighted by molar-refractivity contribution is 0.181. The van der Waals surface area contributed by atoms with Gasteiger partial charge in [0.25, 0.3) is 0 Å². The molecule has 2 heterocycles. The van der Waals surface area contributed by atoms with E-state index in [0.717, 1.165) is 21.2 Å². The van der Waals surface area contributed by atoms with Crippen molar-refractivity contribution in [3.63, 3.8) is 0 Å². The minimum absolute atomic E-state index is 0.663. The molecule has 0 aromatic heterocycles. The lowest BCUT2D eigenvalue weighted by atomic mass is 10.2. The molecule has 4 heteroatoms. The van der Waals surface area contributed by atoms with Crippen LogP contribution in [0.4, 0.5) is 0 Å². The number of fused-ring (bicyclic) bond motifs is 3. The molecule has 0 unspecified atom stereocenters. The standard InChI is InChI=1S/C10H7N3O/c14-13-5-8-7-3-1-2-4-9(7)12-10(8)11-6-13/h1-6,14H. The number of nitrogens with zero attached hydrogens (tertiary/aromatic N) is 3. The first-order chi connectivity index (χ1) is 6.84. The summed E-state index contributed by atoms with van der Waals surface area (Å²) in [6.07, 6.45) is 2.94. The van der Waals surface area contributed by atoms with Gasteiger partial charge in [0.15, 0.2) is 5.82 Å². The first-order valence-electron chi connectivity index (χ1n) is 4.26. The zero-order valence-electron chi connectivity index (χ0n) is 7.25. The van der Waals surface area contributed by atoms with E-state index in [0.29, 0.717) is 5.82 Å². The van der Waals surface area contributed by atoms with E-state index in [1.807, 2.05) is 24.3 Å². The van der Waals surface area contributed by atoms with Crippen LogP contribution in [0.5, 0.6) is 0 Å². The number of aromatic nitrogens is 3. The number of hydrogen-bond acceptors (Lipinski definition) is 3. The molecule has 68 valence electrons. The molecule has 0 bridgehead atoms. The van der Waals surface area contributed by atoms with Crippen molar-refractivity contribution in [2.75, 3.05) is 0 Å². The second-order valence-corrected chi connectivity index (χ2v) is 3.12.